The van der Waals surface area contributed by atoms with Crippen molar-refractivity contribution in [1.29, 1.82) is 0 Å². The van der Waals surface area contributed by atoms with Gasteiger partial charge in [-0.15, -0.1) is 6.42 Å². The van der Waals surface area contributed by atoms with Gasteiger partial charge in [0.05, 0.1) is 19.3 Å². The number of β-amino-alcohol motifs (C(OH)–C–C–N with tert-alkyl or cyclic N) is 1. The highest BCUT2D eigenvalue weighted by atomic mass is 16.6. The average molecular weight is 754 g/mol. The number of aliphatic hydroxyl groups is 1. The molecule has 2 aliphatic rings. The second-order valence-electron chi connectivity index (χ2n) is 14.2. The number of nitrogens with one attached hydrogen (secondary N) is 2. The molecule has 0 bridgehead atoms. The molecule has 0 spiro atoms. The molecule has 2 atom stereocenters. The van der Waals surface area contributed by atoms with Crippen molar-refractivity contribution in [2.45, 2.75) is 71.8 Å². The van der Waals surface area contributed by atoms with Crippen LogP contribution in [-0.2, 0) is 35.2 Å². The SMILES string of the molecule is C#Cc1ccc(CNC=O)cc1.CNC(C(=O)N1CCC(O)C1)C(C)(C)CCN1CCN(C(=O)OC(C)(C)C)CC1.COC=O.O=COc1ccccc1. The van der Waals surface area contributed by atoms with Crippen LogP contribution in [0.4, 0.5) is 4.79 Å². The number of hydrogen-bond acceptors (Lipinski definition) is 11. The topological polar surface area (TPSA) is 167 Å². The summed E-state index contributed by atoms with van der Waals surface area (Å²) in [6.07, 6.45) is 6.73. The number of likely N-dealkylation sites (N-methyl/N-ethyl adjacent to an activating group) is 1. The van der Waals surface area contributed by atoms with Gasteiger partial charge < -0.3 is 39.8 Å². The number of aliphatic hydroxyl groups excluding tert-OH is 1. The number of carbonyl (C=O) groups excluding carboxylic acids is 5. The van der Waals surface area contributed by atoms with Gasteiger partial charge in [0.2, 0.25) is 12.3 Å². The molecule has 3 amide bonds. The lowest BCUT2D eigenvalue weighted by atomic mass is 9.80. The van der Waals surface area contributed by atoms with Gasteiger partial charge in [0.1, 0.15) is 11.4 Å². The van der Waals surface area contributed by atoms with E-state index in [9.17, 15) is 24.3 Å². The predicted octanol–water partition coefficient (Wildman–Crippen LogP) is 3.06. The molecule has 2 aromatic carbocycles. The molecular weight excluding hydrogens is 694 g/mol. The Morgan fingerprint density at radius 2 is 1.56 bits per heavy atom. The Hall–Kier alpha value is -4.97. The maximum Gasteiger partial charge on any atom is 0.410 e. The molecule has 2 unspecified atom stereocenters. The number of para-hydroxylation sites is 1. The molecule has 0 aliphatic carbocycles. The van der Waals surface area contributed by atoms with E-state index in [-0.39, 0.29) is 23.5 Å². The van der Waals surface area contributed by atoms with E-state index in [4.69, 9.17) is 16.0 Å². The molecule has 14 nitrogen and oxygen atoms in total. The standard InChI is InChI=1S/C21H40N4O4.C10H9NO.C7H6O2.C2H4O2/c1-20(2,3)29-19(28)24-13-11-23(12-14-24)10-8-21(4,5)17(22-6)18(27)25-9-7-16(26)15-25;1-2-9-3-5-10(6-4-9)7-11-8-12;8-6-9-7-4-2-1-3-5-7;1-4-2-3/h16-17,22,26H,7-15H2,1-6H3;1,3-6,8H,7H2,(H,11,12);1-6H;2H,1H3. The summed E-state index contributed by atoms with van der Waals surface area (Å²) in [6.45, 7) is 16.1. The van der Waals surface area contributed by atoms with Crippen LogP contribution in [-0.4, -0.2) is 129 Å². The lowest BCUT2D eigenvalue weighted by Gasteiger charge is -2.39. The van der Waals surface area contributed by atoms with E-state index < -0.39 is 11.7 Å². The number of hydrogen-bond donors (Lipinski definition) is 3. The molecule has 2 saturated heterocycles. The minimum atomic E-state index is -0.474. The zero-order chi connectivity index (χ0) is 40.6. The van der Waals surface area contributed by atoms with Crippen LogP contribution in [0.1, 0.15) is 58.6 Å². The van der Waals surface area contributed by atoms with Crippen LogP contribution in [0, 0.1) is 17.8 Å². The number of carbonyl (C=O) groups is 5. The third kappa shape index (κ3) is 18.7. The van der Waals surface area contributed by atoms with Crippen molar-refractivity contribution in [3.8, 4) is 18.1 Å². The van der Waals surface area contributed by atoms with Gasteiger partial charge in [-0.05, 0) is 82.4 Å². The van der Waals surface area contributed by atoms with Crippen molar-refractivity contribution in [3.63, 3.8) is 0 Å². The number of methoxy groups -OCH3 is 1. The number of terminal acetylenes is 1. The first-order valence-corrected chi connectivity index (χ1v) is 17.8. The first kappa shape index (κ1) is 47.1. The highest BCUT2D eigenvalue weighted by molar-refractivity contribution is 5.83. The van der Waals surface area contributed by atoms with Crippen molar-refractivity contribution in [1.82, 2.24) is 25.3 Å². The van der Waals surface area contributed by atoms with E-state index in [1.165, 1.54) is 7.11 Å². The summed E-state index contributed by atoms with van der Waals surface area (Å²) in [5.74, 6) is 3.17. The number of amides is 3. The maximum atomic E-state index is 12.9. The Morgan fingerprint density at radius 3 is 2.02 bits per heavy atom. The van der Waals surface area contributed by atoms with Crippen molar-refractivity contribution in [2.75, 3.05) is 60.0 Å². The average Bonchev–Trinajstić information content (AvgIpc) is 3.60. The van der Waals surface area contributed by atoms with E-state index >= 15 is 0 Å². The zero-order valence-electron chi connectivity index (χ0n) is 32.8. The Labute approximate surface area is 320 Å². The molecule has 2 aromatic rings. The summed E-state index contributed by atoms with van der Waals surface area (Å²) in [6, 6.07) is 16.1. The van der Waals surface area contributed by atoms with Crippen LogP contribution in [0.25, 0.3) is 0 Å². The van der Waals surface area contributed by atoms with E-state index in [1.807, 2.05) is 58.2 Å². The maximum absolute atomic E-state index is 12.9. The van der Waals surface area contributed by atoms with E-state index in [0.29, 0.717) is 64.2 Å². The van der Waals surface area contributed by atoms with Crippen molar-refractivity contribution in [3.05, 3.63) is 65.7 Å². The van der Waals surface area contributed by atoms with Crippen molar-refractivity contribution < 1.29 is 43.3 Å². The number of nitrogens with zero attached hydrogens (tertiary/aromatic N) is 3. The molecule has 298 valence electrons. The highest BCUT2D eigenvalue weighted by Crippen LogP contribution is 2.28. The van der Waals surface area contributed by atoms with Gasteiger partial charge in [-0.3, -0.25) is 24.1 Å². The quantitative estimate of drug-likeness (QED) is 0.215. The van der Waals surface area contributed by atoms with Gasteiger partial charge >= 0.3 is 6.09 Å². The molecule has 2 aliphatic heterocycles. The highest BCUT2D eigenvalue weighted by Gasteiger charge is 2.39. The van der Waals surface area contributed by atoms with Crippen LogP contribution < -0.4 is 15.4 Å². The fourth-order valence-electron chi connectivity index (χ4n) is 5.48. The Kier molecular flexibility index (Phi) is 21.9. The molecule has 0 saturated carbocycles. The van der Waals surface area contributed by atoms with E-state index in [0.717, 1.165) is 37.2 Å². The number of piperazine rings is 1. The van der Waals surface area contributed by atoms with Crippen LogP contribution in [0.2, 0.25) is 0 Å². The molecule has 3 N–H and O–H groups in total. The van der Waals surface area contributed by atoms with Crippen LogP contribution in [0.5, 0.6) is 5.75 Å². The second-order valence-corrected chi connectivity index (χ2v) is 14.2. The number of rotatable bonds is 12. The molecule has 0 radical (unpaired) electrons. The van der Waals surface area contributed by atoms with Gasteiger partial charge in [0, 0.05) is 51.4 Å². The van der Waals surface area contributed by atoms with E-state index in [1.54, 1.807) is 34.1 Å². The fourth-order valence-corrected chi connectivity index (χ4v) is 5.48. The first-order valence-electron chi connectivity index (χ1n) is 17.8. The molecular formula is C40H59N5O9. The van der Waals surface area contributed by atoms with Gasteiger partial charge in [0.15, 0.2) is 0 Å². The second kappa shape index (κ2) is 25.1. The van der Waals surface area contributed by atoms with E-state index in [2.05, 4.69) is 44.8 Å². The first-order chi connectivity index (χ1) is 25.6. The minimum Gasteiger partial charge on any atom is -0.471 e. The fraction of sp³-hybridized carbons (Fsp3) is 0.525. The van der Waals surface area contributed by atoms with Crippen LogP contribution >= 0.6 is 0 Å². The predicted molar refractivity (Wildman–Crippen MR) is 206 cm³/mol. The molecule has 4 rings (SSSR count). The molecule has 54 heavy (non-hydrogen) atoms. The number of benzene rings is 2. The monoisotopic (exact) mass is 753 g/mol. The van der Waals surface area contributed by atoms with Gasteiger partial charge in [-0.1, -0.05) is 50.1 Å². The van der Waals surface area contributed by atoms with Gasteiger partial charge in [0.25, 0.3) is 12.9 Å². The number of likely N-dealkylation sites (tertiary alicyclic amines) is 1. The third-order valence-corrected chi connectivity index (χ3v) is 8.42. The Balaban J connectivity index is 0.000000471. The zero-order valence-corrected chi connectivity index (χ0v) is 32.8. The lowest BCUT2D eigenvalue weighted by Crippen LogP contribution is -2.54. The van der Waals surface area contributed by atoms with Gasteiger partial charge in [-0.2, -0.15) is 0 Å². The molecule has 2 fully saturated rings. The Bertz CT molecular complexity index is 1430. The third-order valence-electron chi connectivity index (χ3n) is 8.42. The van der Waals surface area contributed by atoms with Crippen molar-refractivity contribution >= 4 is 31.4 Å². The smallest absolute Gasteiger partial charge is 0.410 e. The normalized spacial score (nSPS) is 15.9. The van der Waals surface area contributed by atoms with Crippen molar-refractivity contribution in [2.24, 2.45) is 5.41 Å². The molecule has 2 heterocycles. The summed E-state index contributed by atoms with van der Waals surface area (Å²) in [7, 11) is 3.14. The summed E-state index contributed by atoms with van der Waals surface area (Å²) in [5.41, 5.74) is 1.20. The van der Waals surface area contributed by atoms with Crippen LogP contribution in [0.3, 0.4) is 0 Å². The Morgan fingerprint density at radius 1 is 0.944 bits per heavy atom. The largest absolute Gasteiger partial charge is 0.471 e. The van der Waals surface area contributed by atoms with Gasteiger partial charge in [-0.25, -0.2) is 4.79 Å². The number of ether oxygens (including phenoxy) is 3. The summed E-state index contributed by atoms with van der Waals surface area (Å²) in [4.78, 5) is 59.7. The summed E-state index contributed by atoms with van der Waals surface area (Å²) < 4.78 is 13.8. The molecule has 0 aromatic heterocycles. The lowest BCUT2D eigenvalue weighted by molar-refractivity contribution is -0.136. The summed E-state index contributed by atoms with van der Waals surface area (Å²) >= 11 is 0. The van der Waals surface area contributed by atoms with Crippen LogP contribution in [0.15, 0.2) is 54.6 Å². The molecule has 14 heteroatoms. The summed E-state index contributed by atoms with van der Waals surface area (Å²) in [5, 5.41) is 15.5. The minimum absolute atomic E-state index is 0.0730.